The lowest BCUT2D eigenvalue weighted by Crippen LogP contribution is -2.20. The smallest absolute Gasteiger partial charge is 0.237 e. The summed E-state index contributed by atoms with van der Waals surface area (Å²) >= 11 is 0. The molecule has 0 saturated carbocycles. The van der Waals surface area contributed by atoms with Gasteiger partial charge in [-0.2, -0.15) is 0 Å². The first kappa shape index (κ1) is 7.60. The van der Waals surface area contributed by atoms with Gasteiger partial charge in [0.1, 0.15) is 0 Å². The Bertz CT molecular complexity index is 294. The molecule has 0 spiro atoms. The molecule has 0 N–H and O–H groups in total. The number of ketones is 3. The molecule has 0 atom stereocenters. The Labute approximate surface area is 63.4 Å². The summed E-state index contributed by atoms with van der Waals surface area (Å²) in [4.78, 5) is 32.2. The summed E-state index contributed by atoms with van der Waals surface area (Å²) in [7, 11) is 0. The summed E-state index contributed by atoms with van der Waals surface area (Å²) in [5.74, 6) is -1.85. The molecule has 0 aromatic heterocycles. The highest BCUT2D eigenvalue weighted by Gasteiger charge is 2.22. The maximum Gasteiger partial charge on any atom is 0.237 e. The van der Waals surface area contributed by atoms with E-state index in [2.05, 4.69) is 6.08 Å². The van der Waals surface area contributed by atoms with Crippen LogP contribution in [0, 0.1) is 6.08 Å². The van der Waals surface area contributed by atoms with Crippen molar-refractivity contribution in [2.45, 2.75) is 6.92 Å². The molecule has 1 aliphatic rings. The molecule has 3 nitrogen and oxygen atoms in total. The summed E-state index contributed by atoms with van der Waals surface area (Å²) in [5, 5.41) is 0. The van der Waals surface area contributed by atoms with Crippen molar-refractivity contribution < 1.29 is 14.4 Å². The molecule has 0 unspecified atom stereocenters. The Kier molecular flexibility index (Phi) is 1.81. The number of hydrogen-bond acceptors (Lipinski definition) is 3. The van der Waals surface area contributed by atoms with Gasteiger partial charge in [-0.25, -0.2) is 0 Å². The molecule has 1 radical (unpaired) electrons. The molecule has 11 heavy (non-hydrogen) atoms. The van der Waals surface area contributed by atoms with Crippen LogP contribution in [0.15, 0.2) is 17.7 Å². The number of carbonyl (C=O) groups excluding carboxylic acids is 3. The monoisotopic (exact) mass is 149 g/mol. The molecule has 55 valence electrons. The molecule has 1 rings (SSSR count). The number of carbonyl (C=O) groups is 3. The van der Waals surface area contributed by atoms with Gasteiger partial charge in [0.05, 0.1) is 5.57 Å². The van der Waals surface area contributed by atoms with Gasteiger partial charge in [0.15, 0.2) is 5.78 Å². The normalized spacial score (nSPS) is 16.6. The van der Waals surface area contributed by atoms with Gasteiger partial charge < -0.3 is 0 Å². The first-order valence-corrected chi connectivity index (χ1v) is 3.02. The minimum Gasteiger partial charge on any atom is -0.294 e. The van der Waals surface area contributed by atoms with Crippen molar-refractivity contribution in [1.29, 1.82) is 0 Å². The molecule has 0 heterocycles. The average Bonchev–Trinajstić information content (AvgIpc) is 1.94. The van der Waals surface area contributed by atoms with E-state index in [-0.39, 0.29) is 5.57 Å². The van der Waals surface area contributed by atoms with E-state index in [1.807, 2.05) is 0 Å². The first-order valence-electron chi connectivity index (χ1n) is 3.02. The predicted octanol–water partition coefficient (Wildman–Crippen LogP) is 0.0130. The molecule has 1 aliphatic carbocycles. The van der Waals surface area contributed by atoms with Crippen LogP contribution in [0.3, 0.4) is 0 Å². The van der Waals surface area contributed by atoms with Crippen LogP contribution in [-0.4, -0.2) is 17.3 Å². The van der Waals surface area contributed by atoms with Crippen molar-refractivity contribution in [2.75, 3.05) is 0 Å². The van der Waals surface area contributed by atoms with Crippen LogP contribution in [0.4, 0.5) is 0 Å². The van der Waals surface area contributed by atoms with Crippen molar-refractivity contribution in [3.8, 4) is 0 Å². The van der Waals surface area contributed by atoms with Crippen LogP contribution >= 0.6 is 0 Å². The molecule has 0 bridgehead atoms. The van der Waals surface area contributed by atoms with Crippen LogP contribution in [0.1, 0.15) is 6.92 Å². The van der Waals surface area contributed by atoms with Gasteiger partial charge in [-0.05, 0) is 25.2 Å². The Morgan fingerprint density at radius 2 is 2.09 bits per heavy atom. The van der Waals surface area contributed by atoms with E-state index in [0.717, 1.165) is 6.08 Å². The minimum absolute atomic E-state index is 0.155. The molecule has 0 amide bonds. The van der Waals surface area contributed by atoms with Crippen LogP contribution in [0.25, 0.3) is 0 Å². The lowest BCUT2D eigenvalue weighted by molar-refractivity contribution is -0.133. The van der Waals surface area contributed by atoms with E-state index in [4.69, 9.17) is 0 Å². The minimum atomic E-state index is -0.764. The van der Waals surface area contributed by atoms with Gasteiger partial charge in [0, 0.05) is 0 Å². The first-order chi connectivity index (χ1) is 5.13. The standard InChI is InChI=1S/C8H5O3/c1-5(9)6-3-2-4-7(10)8(6)11/h2,4H,1H3. The fraction of sp³-hybridized carbons (Fsp3) is 0.125. The molecular formula is C8H5O3. The van der Waals surface area contributed by atoms with Crippen molar-refractivity contribution in [2.24, 2.45) is 0 Å². The number of rotatable bonds is 1. The molecule has 0 aromatic rings. The fourth-order valence-electron chi connectivity index (χ4n) is 0.727. The lowest BCUT2D eigenvalue weighted by atomic mass is 10.00. The highest BCUT2D eigenvalue weighted by Crippen LogP contribution is 2.04. The SMILES string of the molecule is CC(=O)C1=[C]C=CC(=O)C1=O. The Morgan fingerprint density at radius 3 is 2.55 bits per heavy atom. The van der Waals surface area contributed by atoms with Gasteiger partial charge in [-0.3, -0.25) is 14.4 Å². The zero-order valence-corrected chi connectivity index (χ0v) is 5.88. The fourth-order valence-corrected chi connectivity index (χ4v) is 0.727. The average molecular weight is 149 g/mol. The molecule has 0 aliphatic heterocycles. The Morgan fingerprint density at radius 1 is 1.45 bits per heavy atom. The van der Waals surface area contributed by atoms with Crippen molar-refractivity contribution in [3.63, 3.8) is 0 Å². The van der Waals surface area contributed by atoms with Crippen LogP contribution in [0.2, 0.25) is 0 Å². The molecule has 0 fully saturated rings. The summed E-state index contributed by atoms with van der Waals surface area (Å²) < 4.78 is 0. The summed E-state index contributed by atoms with van der Waals surface area (Å²) in [6.45, 7) is 1.23. The third-order valence-electron chi connectivity index (χ3n) is 1.27. The predicted molar refractivity (Wildman–Crippen MR) is 36.6 cm³/mol. The number of hydrogen-bond donors (Lipinski definition) is 0. The molecule has 3 heteroatoms. The lowest BCUT2D eigenvalue weighted by Gasteiger charge is -2.00. The van der Waals surface area contributed by atoms with Crippen molar-refractivity contribution in [1.82, 2.24) is 0 Å². The number of allylic oxidation sites excluding steroid dienone is 4. The maximum atomic E-state index is 10.8. The Balaban J connectivity index is 3.06. The summed E-state index contributed by atoms with van der Waals surface area (Å²) in [5.41, 5.74) is -0.155. The van der Waals surface area contributed by atoms with Gasteiger partial charge in [0.25, 0.3) is 0 Å². The second kappa shape index (κ2) is 2.62. The second-order valence-corrected chi connectivity index (χ2v) is 2.10. The topological polar surface area (TPSA) is 51.2 Å². The van der Waals surface area contributed by atoms with Crippen LogP contribution in [0.5, 0.6) is 0 Å². The van der Waals surface area contributed by atoms with E-state index < -0.39 is 17.3 Å². The number of Topliss-reactive ketones (excluding diaryl/α,β-unsaturated/α-hetero) is 2. The van der Waals surface area contributed by atoms with Crippen LogP contribution in [-0.2, 0) is 14.4 Å². The third kappa shape index (κ3) is 1.32. The van der Waals surface area contributed by atoms with Gasteiger partial charge in [0.2, 0.25) is 11.6 Å². The van der Waals surface area contributed by atoms with E-state index in [1.54, 1.807) is 0 Å². The van der Waals surface area contributed by atoms with E-state index >= 15 is 0 Å². The maximum absolute atomic E-state index is 10.8. The Hall–Kier alpha value is -1.51. The molecule has 0 saturated heterocycles. The van der Waals surface area contributed by atoms with E-state index in [9.17, 15) is 14.4 Å². The molecule has 0 aromatic carbocycles. The van der Waals surface area contributed by atoms with Gasteiger partial charge in [-0.1, -0.05) is 0 Å². The zero-order chi connectivity index (χ0) is 8.43. The quantitative estimate of drug-likeness (QED) is 0.300. The van der Waals surface area contributed by atoms with Crippen molar-refractivity contribution in [3.05, 3.63) is 23.8 Å². The van der Waals surface area contributed by atoms with Gasteiger partial charge in [-0.15, -0.1) is 0 Å². The van der Waals surface area contributed by atoms with Crippen LogP contribution < -0.4 is 0 Å². The summed E-state index contributed by atoms with van der Waals surface area (Å²) in [6, 6.07) is 0. The molecular weight excluding hydrogens is 144 g/mol. The van der Waals surface area contributed by atoms with E-state index in [1.165, 1.54) is 13.0 Å². The summed E-state index contributed by atoms with van der Waals surface area (Å²) in [6.07, 6.45) is 4.79. The van der Waals surface area contributed by atoms with Gasteiger partial charge >= 0.3 is 0 Å². The largest absolute Gasteiger partial charge is 0.294 e. The highest BCUT2D eigenvalue weighted by atomic mass is 16.2. The highest BCUT2D eigenvalue weighted by molar-refractivity contribution is 6.53. The second-order valence-electron chi connectivity index (χ2n) is 2.10. The zero-order valence-electron chi connectivity index (χ0n) is 5.88. The third-order valence-corrected chi connectivity index (χ3v) is 1.27. The van der Waals surface area contributed by atoms with E-state index in [0.29, 0.717) is 0 Å². The van der Waals surface area contributed by atoms with Crippen molar-refractivity contribution >= 4 is 17.3 Å².